The molecule has 0 atom stereocenters. The van der Waals surface area contributed by atoms with E-state index in [1.165, 1.54) is 0 Å². The van der Waals surface area contributed by atoms with Gasteiger partial charge in [0.25, 0.3) is 0 Å². The first kappa shape index (κ1) is 18.7. The Labute approximate surface area is 168 Å². The minimum atomic E-state index is -0.194. The molecule has 1 heterocycles. The molecule has 29 heavy (non-hydrogen) atoms. The molecule has 0 aliphatic rings. The number of benzene rings is 3. The summed E-state index contributed by atoms with van der Waals surface area (Å²) in [6, 6.07) is 17.3. The number of hydrogen-bond acceptors (Lipinski definition) is 5. The molecule has 4 rings (SSSR count). The highest BCUT2D eigenvalue weighted by atomic mass is 16.5. The van der Waals surface area contributed by atoms with Crippen molar-refractivity contribution in [2.75, 3.05) is 31.4 Å². The Morgan fingerprint density at radius 2 is 1.69 bits per heavy atom. The lowest BCUT2D eigenvalue weighted by Crippen LogP contribution is -2.22. The second-order valence-corrected chi connectivity index (χ2v) is 6.75. The summed E-state index contributed by atoms with van der Waals surface area (Å²) in [4.78, 5) is 12.5. The molecule has 0 fully saturated rings. The lowest BCUT2D eigenvalue weighted by atomic mass is 10.1. The second-order valence-electron chi connectivity index (χ2n) is 6.75. The van der Waals surface area contributed by atoms with Crippen LogP contribution in [0.15, 0.2) is 59.0 Å². The van der Waals surface area contributed by atoms with Crippen molar-refractivity contribution in [3.8, 4) is 11.5 Å². The Morgan fingerprint density at radius 1 is 0.897 bits per heavy atom. The van der Waals surface area contributed by atoms with E-state index in [0.717, 1.165) is 27.5 Å². The van der Waals surface area contributed by atoms with Gasteiger partial charge in [0.15, 0.2) is 0 Å². The Balaban J connectivity index is 1.55. The number of fused-ring (bicyclic) bond motifs is 3. The fraction of sp³-hybridized carbons (Fsp3) is 0.174. The molecule has 0 unspecified atom stereocenters. The summed E-state index contributed by atoms with van der Waals surface area (Å²) in [5.74, 6) is 1.07. The molecular formula is C23H22N2O4. The first-order valence-corrected chi connectivity index (χ1v) is 9.26. The normalized spacial score (nSPS) is 10.9. The number of methoxy groups -OCH3 is 2. The van der Waals surface area contributed by atoms with Crippen LogP contribution in [0, 0.1) is 6.92 Å². The van der Waals surface area contributed by atoms with E-state index in [9.17, 15) is 4.79 Å². The highest BCUT2D eigenvalue weighted by Crippen LogP contribution is 2.36. The molecule has 3 aromatic carbocycles. The van der Waals surface area contributed by atoms with Crippen molar-refractivity contribution in [3.63, 3.8) is 0 Å². The molecule has 0 spiro atoms. The summed E-state index contributed by atoms with van der Waals surface area (Å²) in [5, 5.41) is 8.01. The minimum Gasteiger partial charge on any atom is -0.495 e. The fourth-order valence-corrected chi connectivity index (χ4v) is 3.35. The zero-order valence-electron chi connectivity index (χ0n) is 16.5. The number of ether oxygens (including phenoxy) is 2. The topological polar surface area (TPSA) is 72.7 Å². The van der Waals surface area contributed by atoms with Gasteiger partial charge in [-0.05, 0) is 36.8 Å². The number of carbonyl (C=O) groups is 1. The van der Waals surface area contributed by atoms with Crippen molar-refractivity contribution in [1.29, 1.82) is 0 Å². The van der Waals surface area contributed by atoms with Crippen LogP contribution in [0.5, 0.6) is 11.5 Å². The molecule has 0 bridgehead atoms. The maximum absolute atomic E-state index is 12.5. The van der Waals surface area contributed by atoms with Crippen LogP contribution in [0.4, 0.5) is 11.4 Å². The van der Waals surface area contributed by atoms with Crippen LogP contribution in [0.1, 0.15) is 5.56 Å². The molecule has 0 saturated carbocycles. The number of hydrogen-bond donors (Lipinski definition) is 2. The van der Waals surface area contributed by atoms with Crippen LogP contribution in [0.25, 0.3) is 21.9 Å². The van der Waals surface area contributed by atoms with Crippen LogP contribution in [-0.4, -0.2) is 26.7 Å². The van der Waals surface area contributed by atoms with Gasteiger partial charge in [0.2, 0.25) is 5.91 Å². The largest absolute Gasteiger partial charge is 0.495 e. The van der Waals surface area contributed by atoms with Crippen molar-refractivity contribution in [2.45, 2.75) is 6.92 Å². The van der Waals surface area contributed by atoms with E-state index in [0.29, 0.717) is 22.9 Å². The van der Waals surface area contributed by atoms with Crippen LogP contribution >= 0.6 is 0 Å². The summed E-state index contributed by atoms with van der Waals surface area (Å²) in [6.07, 6.45) is 0. The summed E-state index contributed by atoms with van der Waals surface area (Å²) in [6.45, 7) is 2.03. The third-order valence-corrected chi connectivity index (χ3v) is 4.77. The van der Waals surface area contributed by atoms with Crippen molar-refractivity contribution in [3.05, 3.63) is 60.2 Å². The monoisotopic (exact) mass is 390 g/mol. The van der Waals surface area contributed by atoms with E-state index < -0.39 is 0 Å². The van der Waals surface area contributed by atoms with E-state index in [1.54, 1.807) is 14.2 Å². The number of aryl methyl sites for hydroxylation is 1. The zero-order chi connectivity index (χ0) is 20.4. The van der Waals surface area contributed by atoms with Gasteiger partial charge in [-0.25, -0.2) is 0 Å². The molecule has 0 saturated heterocycles. The summed E-state index contributed by atoms with van der Waals surface area (Å²) < 4.78 is 16.8. The smallest absolute Gasteiger partial charge is 0.243 e. The van der Waals surface area contributed by atoms with Crippen LogP contribution < -0.4 is 20.1 Å². The standard InChI is InChI=1S/C23H22N2O4/c1-14-8-9-20(27-2)18(10-14)25-23(26)13-24-17-12-21-16(11-22(17)28-3)15-6-4-5-7-19(15)29-21/h4-12,24H,13H2,1-3H3,(H,25,26). The van der Waals surface area contributed by atoms with E-state index in [4.69, 9.17) is 13.9 Å². The van der Waals surface area contributed by atoms with Gasteiger partial charge in [-0.1, -0.05) is 24.3 Å². The highest BCUT2D eigenvalue weighted by molar-refractivity contribution is 6.07. The maximum atomic E-state index is 12.5. The van der Waals surface area contributed by atoms with Gasteiger partial charge in [0, 0.05) is 16.8 Å². The average Bonchev–Trinajstić information content (AvgIpc) is 3.09. The molecular weight excluding hydrogens is 368 g/mol. The predicted molar refractivity (Wildman–Crippen MR) is 115 cm³/mol. The van der Waals surface area contributed by atoms with Gasteiger partial charge < -0.3 is 24.5 Å². The van der Waals surface area contributed by atoms with Gasteiger partial charge >= 0.3 is 0 Å². The number of anilines is 2. The first-order valence-electron chi connectivity index (χ1n) is 9.26. The van der Waals surface area contributed by atoms with Crippen molar-refractivity contribution < 1.29 is 18.7 Å². The Bertz CT molecular complexity index is 1200. The van der Waals surface area contributed by atoms with Gasteiger partial charge in [0.05, 0.1) is 32.1 Å². The molecule has 1 aromatic heterocycles. The fourth-order valence-electron chi connectivity index (χ4n) is 3.35. The molecule has 148 valence electrons. The van der Waals surface area contributed by atoms with Crippen molar-refractivity contribution in [2.24, 2.45) is 0 Å². The molecule has 6 heteroatoms. The number of carbonyl (C=O) groups excluding carboxylic acids is 1. The highest BCUT2D eigenvalue weighted by Gasteiger charge is 2.14. The van der Waals surface area contributed by atoms with Crippen LogP contribution in [0.3, 0.4) is 0 Å². The van der Waals surface area contributed by atoms with E-state index in [-0.39, 0.29) is 12.5 Å². The Kier molecular flexibility index (Phi) is 4.99. The summed E-state index contributed by atoms with van der Waals surface area (Å²) in [7, 11) is 3.18. The molecule has 4 aromatic rings. The quantitative estimate of drug-likeness (QED) is 0.487. The zero-order valence-corrected chi connectivity index (χ0v) is 16.5. The minimum absolute atomic E-state index is 0.0686. The number of para-hydroxylation sites is 1. The van der Waals surface area contributed by atoms with Gasteiger partial charge in [-0.15, -0.1) is 0 Å². The molecule has 0 radical (unpaired) electrons. The Hall–Kier alpha value is -3.67. The predicted octanol–water partition coefficient (Wildman–Crippen LogP) is 4.96. The number of rotatable bonds is 6. The maximum Gasteiger partial charge on any atom is 0.243 e. The lowest BCUT2D eigenvalue weighted by Gasteiger charge is -2.13. The number of amides is 1. The van der Waals surface area contributed by atoms with Gasteiger partial charge in [-0.3, -0.25) is 4.79 Å². The van der Waals surface area contributed by atoms with Crippen molar-refractivity contribution >= 4 is 39.2 Å². The van der Waals surface area contributed by atoms with Gasteiger partial charge in [-0.2, -0.15) is 0 Å². The molecule has 1 amide bonds. The lowest BCUT2D eigenvalue weighted by molar-refractivity contribution is -0.114. The molecule has 0 aliphatic heterocycles. The summed E-state index contributed by atoms with van der Waals surface area (Å²) >= 11 is 0. The third-order valence-electron chi connectivity index (χ3n) is 4.77. The van der Waals surface area contributed by atoms with E-state index in [1.807, 2.05) is 61.5 Å². The third kappa shape index (κ3) is 3.69. The number of nitrogens with one attached hydrogen (secondary N) is 2. The molecule has 2 N–H and O–H groups in total. The first-order chi connectivity index (χ1) is 14.1. The molecule has 0 aliphatic carbocycles. The van der Waals surface area contributed by atoms with E-state index in [2.05, 4.69) is 10.6 Å². The average molecular weight is 390 g/mol. The summed E-state index contributed by atoms with van der Waals surface area (Å²) in [5.41, 5.74) is 3.90. The number of furan rings is 1. The van der Waals surface area contributed by atoms with Crippen molar-refractivity contribution in [1.82, 2.24) is 0 Å². The molecule has 6 nitrogen and oxygen atoms in total. The SMILES string of the molecule is COc1cc2c(cc1NCC(=O)Nc1cc(C)ccc1OC)oc1ccccc12. The van der Waals surface area contributed by atoms with Gasteiger partial charge in [0.1, 0.15) is 22.7 Å². The second kappa shape index (κ2) is 7.75. The Morgan fingerprint density at radius 3 is 2.48 bits per heavy atom. The van der Waals surface area contributed by atoms with Crippen LogP contribution in [0.2, 0.25) is 0 Å². The van der Waals surface area contributed by atoms with Crippen LogP contribution in [-0.2, 0) is 4.79 Å². The van der Waals surface area contributed by atoms with E-state index >= 15 is 0 Å².